The third-order valence-electron chi connectivity index (χ3n) is 5.65. The molecular weight excluding hydrogens is 407 g/mol. The molecule has 3 aromatic rings. The lowest BCUT2D eigenvalue weighted by Crippen LogP contribution is -2.36. The quantitative estimate of drug-likeness (QED) is 0.559. The second-order valence-electron chi connectivity index (χ2n) is 7.78. The maximum atomic E-state index is 13.3. The van der Waals surface area contributed by atoms with Gasteiger partial charge in [-0.1, -0.05) is 48.5 Å². The maximum Gasteiger partial charge on any atom is 0.251 e. The van der Waals surface area contributed by atoms with Crippen LogP contribution in [-0.2, 0) is 11.3 Å². The van der Waals surface area contributed by atoms with Gasteiger partial charge < -0.3 is 10.2 Å². The van der Waals surface area contributed by atoms with Crippen molar-refractivity contribution >= 4 is 17.5 Å². The molecule has 6 nitrogen and oxygen atoms in total. The van der Waals surface area contributed by atoms with Crippen LogP contribution in [0.5, 0.6) is 0 Å². The van der Waals surface area contributed by atoms with Crippen LogP contribution in [0.4, 0.5) is 10.1 Å². The summed E-state index contributed by atoms with van der Waals surface area (Å²) in [6.45, 7) is 0.858. The van der Waals surface area contributed by atoms with E-state index in [1.165, 1.54) is 18.2 Å². The average molecular weight is 432 g/mol. The summed E-state index contributed by atoms with van der Waals surface area (Å²) >= 11 is 0. The molecule has 7 heteroatoms. The van der Waals surface area contributed by atoms with E-state index in [0.717, 1.165) is 16.8 Å². The number of carbonyl (C=O) groups is 2. The number of hydrogen-bond donors (Lipinski definition) is 3. The molecule has 0 bridgehead atoms. The topological polar surface area (TPSA) is 73.5 Å². The second kappa shape index (κ2) is 9.72. The van der Waals surface area contributed by atoms with E-state index in [2.05, 4.69) is 16.2 Å². The Morgan fingerprint density at radius 1 is 1.03 bits per heavy atom. The number of para-hydroxylation sites is 1. The molecule has 0 saturated carbocycles. The van der Waals surface area contributed by atoms with Crippen LogP contribution in [-0.4, -0.2) is 25.4 Å². The fraction of sp³-hybridized carbons (Fsp3) is 0.200. The molecule has 2 atom stereocenters. The van der Waals surface area contributed by atoms with Crippen LogP contribution in [0.25, 0.3) is 0 Å². The number of anilines is 1. The van der Waals surface area contributed by atoms with Gasteiger partial charge in [0.25, 0.3) is 5.91 Å². The first-order valence-corrected chi connectivity index (χ1v) is 10.5. The highest BCUT2D eigenvalue weighted by Gasteiger charge is 2.35. The van der Waals surface area contributed by atoms with Crippen molar-refractivity contribution in [2.75, 3.05) is 18.5 Å². The number of nitrogens with one attached hydrogen (secondary N) is 3. The zero-order valence-corrected chi connectivity index (χ0v) is 17.7. The van der Waals surface area contributed by atoms with Gasteiger partial charge in [-0.25, -0.2) is 9.82 Å². The Bertz CT molecular complexity index is 1090. The van der Waals surface area contributed by atoms with E-state index in [0.29, 0.717) is 13.1 Å². The number of rotatable bonds is 6. The molecule has 164 valence electrons. The van der Waals surface area contributed by atoms with Crippen LogP contribution in [0.15, 0.2) is 78.9 Å². The highest BCUT2D eigenvalue weighted by molar-refractivity contribution is 5.95. The minimum absolute atomic E-state index is 0.0325. The first-order chi connectivity index (χ1) is 15.5. The molecule has 0 spiro atoms. The summed E-state index contributed by atoms with van der Waals surface area (Å²) in [6, 6.07) is 22.7. The summed E-state index contributed by atoms with van der Waals surface area (Å²) in [5, 5.41) is 2.80. The SMILES string of the molecule is CN(C(=O)C1CNNC1c1ccc(CNC(=O)c2cccc(F)c2)cc1)c1ccccc1. The normalized spacial score (nSPS) is 17.7. The molecule has 1 aliphatic heterocycles. The number of amides is 2. The van der Waals surface area contributed by atoms with E-state index in [1.54, 1.807) is 18.0 Å². The molecule has 0 radical (unpaired) electrons. The molecular formula is C25H25FN4O2. The van der Waals surface area contributed by atoms with Gasteiger partial charge in [-0.15, -0.1) is 0 Å². The van der Waals surface area contributed by atoms with Gasteiger partial charge in [0, 0.05) is 31.4 Å². The predicted molar refractivity (Wildman–Crippen MR) is 121 cm³/mol. The van der Waals surface area contributed by atoms with Gasteiger partial charge in [0.15, 0.2) is 0 Å². The summed E-state index contributed by atoms with van der Waals surface area (Å²) in [6.07, 6.45) is 0. The average Bonchev–Trinajstić information content (AvgIpc) is 3.32. The number of benzene rings is 3. The van der Waals surface area contributed by atoms with Gasteiger partial charge in [0.1, 0.15) is 5.82 Å². The number of hydrogen-bond acceptors (Lipinski definition) is 4. The molecule has 1 saturated heterocycles. The molecule has 2 unspecified atom stereocenters. The molecule has 1 aliphatic rings. The van der Waals surface area contributed by atoms with Crippen molar-refractivity contribution in [2.45, 2.75) is 12.6 Å². The molecule has 4 rings (SSSR count). The van der Waals surface area contributed by atoms with Gasteiger partial charge in [-0.2, -0.15) is 0 Å². The number of carbonyl (C=O) groups excluding carboxylic acids is 2. The molecule has 3 aromatic carbocycles. The van der Waals surface area contributed by atoms with Crippen LogP contribution in [0.1, 0.15) is 27.5 Å². The Balaban J connectivity index is 1.39. The standard InChI is InChI=1S/C25H25FN4O2/c1-30(21-8-3-2-4-9-21)25(32)22-16-28-29-23(22)18-12-10-17(11-13-18)15-27-24(31)19-6-5-7-20(26)14-19/h2-14,22-23,28-29H,15-16H2,1H3,(H,27,31). The summed E-state index contributed by atoms with van der Waals surface area (Å²) in [4.78, 5) is 27.0. The van der Waals surface area contributed by atoms with Gasteiger partial charge in [-0.05, 0) is 41.5 Å². The number of hydrazine groups is 1. The smallest absolute Gasteiger partial charge is 0.251 e. The zero-order valence-electron chi connectivity index (χ0n) is 17.7. The Morgan fingerprint density at radius 3 is 2.50 bits per heavy atom. The van der Waals surface area contributed by atoms with E-state index in [1.807, 2.05) is 54.6 Å². The Morgan fingerprint density at radius 2 is 1.78 bits per heavy atom. The molecule has 0 aliphatic carbocycles. The van der Waals surface area contributed by atoms with Crippen molar-refractivity contribution in [1.29, 1.82) is 0 Å². The molecule has 1 fully saturated rings. The van der Waals surface area contributed by atoms with Crippen LogP contribution in [0.3, 0.4) is 0 Å². The largest absolute Gasteiger partial charge is 0.348 e. The van der Waals surface area contributed by atoms with Crippen LogP contribution in [0, 0.1) is 11.7 Å². The van der Waals surface area contributed by atoms with Gasteiger partial charge >= 0.3 is 0 Å². The number of nitrogens with zero attached hydrogens (tertiary/aromatic N) is 1. The minimum Gasteiger partial charge on any atom is -0.348 e. The highest BCUT2D eigenvalue weighted by Crippen LogP contribution is 2.28. The van der Waals surface area contributed by atoms with E-state index in [-0.39, 0.29) is 29.3 Å². The summed E-state index contributed by atoms with van der Waals surface area (Å²) in [5.74, 6) is -0.990. The van der Waals surface area contributed by atoms with Crippen molar-refractivity contribution in [3.8, 4) is 0 Å². The van der Waals surface area contributed by atoms with E-state index >= 15 is 0 Å². The molecule has 2 amide bonds. The van der Waals surface area contributed by atoms with Gasteiger partial charge in [0.2, 0.25) is 5.91 Å². The Kier molecular flexibility index (Phi) is 6.58. The monoisotopic (exact) mass is 432 g/mol. The lowest BCUT2D eigenvalue weighted by atomic mass is 9.93. The lowest BCUT2D eigenvalue weighted by molar-refractivity contribution is -0.122. The maximum absolute atomic E-state index is 13.3. The molecule has 1 heterocycles. The first kappa shape index (κ1) is 21.7. The summed E-state index contributed by atoms with van der Waals surface area (Å²) in [5.41, 5.74) is 9.33. The minimum atomic E-state index is -0.443. The number of halogens is 1. The fourth-order valence-electron chi connectivity index (χ4n) is 3.83. The van der Waals surface area contributed by atoms with E-state index in [9.17, 15) is 14.0 Å². The van der Waals surface area contributed by atoms with Crippen LogP contribution in [0.2, 0.25) is 0 Å². The van der Waals surface area contributed by atoms with Crippen molar-refractivity contribution in [3.05, 3.63) is 101 Å². The van der Waals surface area contributed by atoms with E-state index < -0.39 is 5.82 Å². The predicted octanol–water partition coefficient (Wildman–Crippen LogP) is 3.18. The summed E-state index contributed by atoms with van der Waals surface area (Å²) < 4.78 is 13.3. The lowest BCUT2D eigenvalue weighted by Gasteiger charge is -2.24. The third kappa shape index (κ3) is 4.85. The molecule has 32 heavy (non-hydrogen) atoms. The van der Waals surface area contributed by atoms with Crippen LogP contribution >= 0.6 is 0 Å². The van der Waals surface area contributed by atoms with Gasteiger partial charge in [-0.3, -0.25) is 15.0 Å². The molecule has 0 aromatic heterocycles. The van der Waals surface area contributed by atoms with Crippen molar-refractivity contribution in [2.24, 2.45) is 5.92 Å². The first-order valence-electron chi connectivity index (χ1n) is 10.5. The third-order valence-corrected chi connectivity index (χ3v) is 5.65. The highest BCUT2D eigenvalue weighted by atomic mass is 19.1. The van der Waals surface area contributed by atoms with Crippen molar-refractivity contribution in [3.63, 3.8) is 0 Å². The fourth-order valence-corrected chi connectivity index (χ4v) is 3.83. The van der Waals surface area contributed by atoms with Crippen molar-refractivity contribution < 1.29 is 14.0 Å². The molecule has 3 N–H and O–H groups in total. The second-order valence-corrected chi connectivity index (χ2v) is 7.78. The van der Waals surface area contributed by atoms with E-state index in [4.69, 9.17) is 0 Å². The Hall–Kier alpha value is -3.55. The zero-order chi connectivity index (χ0) is 22.5. The van der Waals surface area contributed by atoms with Crippen molar-refractivity contribution in [1.82, 2.24) is 16.2 Å². The Labute approximate surface area is 186 Å². The van der Waals surface area contributed by atoms with Gasteiger partial charge in [0.05, 0.1) is 12.0 Å². The summed E-state index contributed by atoms with van der Waals surface area (Å²) in [7, 11) is 1.79. The van der Waals surface area contributed by atoms with Crippen LogP contribution < -0.4 is 21.1 Å².